The zero-order chi connectivity index (χ0) is 10.7. The largest absolute Gasteiger partial charge is 0.353 e. The van der Waals surface area contributed by atoms with Crippen LogP contribution in [0.15, 0.2) is 24.4 Å². The van der Waals surface area contributed by atoms with Gasteiger partial charge >= 0.3 is 0 Å². The van der Waals surface area contributed by atoms with Crippen molar-refractivity contribution in [2.75, 3.05) is 6.54 Å². The maximum absolute atomic E-state index is 11.4. The van der Waals surface area contributed by atoms with Crippen LogP contribution in [0.3, 0.4) is 0 Å². The second-order valence-electron chi connectivity index (χ2n) is 3.68. The molecule has 0 aromatic carbocycles. The average molecular weight is 205 g/mol. The molecular formula is C11H15N3O. The molecule has 1 aliphatic heterocycles. The number of carbonyl (C=O) groups excluding carboxylic acids is 1. The molecule has 1 fully saturated rings. The molecule has 0 spiro atoms. The number of nitrogens with zero attached hydrogens (tertiary/aromatic N) is 1. The first-order chi connectivity index (χ1) is 7.31. The molecule has 2 N–H and O–H groups in total. The van der Waals surface area contributed by atoms with Crippen molar-refractivity contribution in [3.05, 3.63) is 30.1 Å². The van der Waals surface area contributed by atoms with Gasteiger partial charge in [-0.3, -0.25) is 15.1 Å². The number of rotatable bonds is 2. The minimum Gasteiger partial charge on any atom is -0.353 e. The van der Waals surface area contributed by atoms with E-state index in [1.54, 1.807) is 6.20 Å². The van der Waals surface area contributed by atoms with Crippen LogP contribution in [0.25, 0.3) is 0 Å². The highest BCUT2D eigenvalue weighted by molar-refractivity contribution is 5.82. The normalized spacial score (nSPS) is 26.1. The monoisotopic (exact) mass is 205 g/mol. The van der Waals surface area contributed by atoms with Gasteiger partial charge in [-0.25, -0.2) is 0 Å². The number of hydrogen-bond acceptors (Lipinski definition) is 3. The number of aromatic nitrogens is 1. The summed E-state index contributed by atoms with van der Waals surface area (Å²) in [5.74, 6) is 0.0877. The van der Waals surface area contributed by atoms with Gasteiger partial charge in [0.25, 0.3) is 0 Å². The Morgan fingerprint density at radius 2 is 2.40 bits per heavy atom. The smallest absolute Gasteiger partial charge is 0.237 e. The van der Waals surface area contributed by atoms with E-state index in [0.29, 0.717) is 6.54 Å². The van der Waals surface area contributed by atoms with Gasteiger partial charge in [0, 0.05) is 12.7 Å². The highest BCUT2D eigenvalue weighted by Gasteiger charge is 2.27. The Kier molecular flexibility index (Phi) is 2.97. The van der Waals surface area contributed by atoms with Crippen LogP contribution in [0.5, 0.6) is 0 Å². The highest BCUT2D eigenvalue weighted by atomic mass is 16.2. The number of amides is 1. The van der Waals surface area contributed by atoms with Gasteiger partial charge in [-0.2, -0.15) is 0 Å². The minimum absolute atomic E-state index is 0.0877. The number of hydrogen-bond donors (Lipinski definition) is 2. The molecule has 2 rings (SSSR count). The Bertz CT molecular complexity index is 339. The summed E-state index contributed by atoms with van der Waals surface area (Å²) in [5.41, 5.74) is 0.982. The van der Waals surface area contributed by atoms with Crippen molar-refractivity contribution in [1.29, 1.82) is 0 Å². The molecule has 15 heavy (non-hydrogen) atoms. The summed E-state index contributed by atoms with van der Waals surface area (Å²) in [4.78, 5) is 15.7. The van der Waals surface area contributed by atoms with Crippen molar-refractivity contribution >= 4 is 5.91 Å². The van der Waals surface area contributed by atoms with E-state index in [1.165, 1.54) is 0 Å². The Morgan fingerprint density at radius 3 is 3.07 bits per heavy atom. The second kappa shape index (κ2) is 4.40. The maximum Gasteiger partial charge on any atom is 0.237 e. The number of piperazine rings is 1. The van der Waals surface area contributed by atoms with E-state index in [4.69, 9.17) is 0 Å². The van der Waals surface area contributed by atoms with Crippen molar-refractivity contribution in [1.82, 2.24) is 15.6 Å². The van der Waals surface area contributed by atoms with Crippen LogP contribution in [0.4, 0.5) is 0 Å². The standard InChI is InChI=1S/C11H15N3O/c1-2-8-11(15)13-7-10(14-8)9-5-3-4-6-12-9/h3-6,8,10,14H,2,7H2,1H3,(H,13,15). The van der Waals surface area contributed by atoms with Crippen LogP contribution >= 0.6 is 0 Å². The Balaban J connectivity index is 2.09. The molecule has 0 aliphatic carbocycles. The maximum atomic E-state index is 11.4. The van der Waals surface area contributed by atoms with E-state index in [0.717, 1.165) is 12.1 Å². The molecule has 80 valence electrons. The van der Waals surface area contributed by atoms with Crippen molar-refractivity contribution < 1.29 is 4.79 Å². The van der Waals surface area contributed by atoms with Crippen molar-refractivity contribution in [3.63, 3.8) is 0 Å². The van der Waals surface area contributed by atoms with Gasteiger partial charge in [-0.15, -0.1) is 0 Å². The Hall–Kier alpha value is -1.42. The summed E-state index contributed by atoms with van der Waals surface area (Å²) >= 11 is 0. The molecular weight excluding hydrogens is 190 g/mol. The van der Waals surface area contributed by atoms with Crippen molar-refractivity contribution in [2.24, 2.45) is 0 Å². The average Bonchev–Trinajstić information content (AvgIpc) is 2.31. The minimum atomic E-state index is -0.0919. The SMILES string of the molecule is CCC1NC(c2ccccn2)CNC1=O. The predicted octanol–water partition coefficient (Wildman–Crippen LogP) is 0.621. The van der Waals surface area contributed by atoms with E-state index >= 15 is 0 Å². The number of nitrogens with one attached hydrogen (secondary N) is 2. The van der Waals surface area contributed by atoms with Crippen LogP contribution < -0.4 is 10.6 Å². The molecule has 1 aliphatic rings. The van der Waals surface area contributed by atoms with Gasteiger partial charge in [-0.05, 0) is 18.6 Å². The lowest BCUT2D eigenvalue weighted by atomic mass is 10.1. The van der Waals surface area contributed by atoms with Gasteiger partial charge in [0.2, 0.25) is 5.91 Å². The molecule has 0 saturated carbocycles. The first-order valence-corrected chi connectivity index (χ1v) is 5.26. The van der Waals surface area contributed by atoms with Crippen LogP contribution in [0, 0.1) is 0 Å². The van der Waals surface area contributed by atoms with Crippen LogP contribution in [-0.2, 0) is 4.79 Å². The van der Waals surface area contributed by atoms with Gasteiger partial charge < -0.3 is 5.32 Å². The molecule has 2 unspecified atom stereocenters. The van der Waals surface area contributed by atoms with Gasteiger partial charge in [0.05, 0.1) is 17.8 Å². The topological polar surface area (TPSA) is 54.0 Å². The Morgan fingerprint density at radius 1 is 1.53 bits per heavy atom. The summed E-state index contributed by atoms with van der Waals surface area (Å²) in [7, 11) is 0. The fraction of sp³-hybridized carbons (Fsp3) is 0.455. The second-order valence-corrected chi connectivity index (χ2v) is 3.68. The van der Waals surface area contributed by atoms with Gasteiger partial charge in [0.1, 0.15) is 0 Å². The predicted molar refractivity (Wildman–Crippen MR) is 57.2 cm³/mol. The fourth-order valence-corrected chi connectivity index (χ4v) is 1.78. The van der Waals surface area contributed by atoms with E-state index < -0.39 is 0 Å². The fourth-order valence-electron chi connectivity index (χ4n) is 1.78. The Labute approximate surface area is 89.1 Å². The zero-order valence-corrected chi connectivity index (χ0v) is 8.73. The van der Waals surface area contributed by atoms with Crippen molar-refractivity contribution in [2.45, 2.75) is 25.4 Å². The summed E-state index contributed by atoms with van der Waals surface area (Å²) in [6, 6.07) is 5.87. The summed E-state index contributed by atoms with van der Waals surface area (Å²) < 4.78 is 0. The first-order valence-electron chi connectivity index (χ1n) is 5.26. The summed E-state index contributed by atoms with van der Waals surface area (Å²) in [5, 5.41) is 6.18. The third kappa shape index (κ3) is 2.15. The summed E-state index contributed by atoms with van der Waals surface area (Å²) in [6.07, 6.45) is 2.57. The lowest BCUT2D eigenvalue weighted by Gasteiger charge is -2.29. The molecule has 1 saturated heterocycles. The molecule has 1 amide bonds. The molecule has 4 heteroatoms. The zero-order valence-electron chi connectivity index (χ0n) is 8.73. The molecule has 1 aromatic heterocycles. The molecule has 0 radical (unpaired) electrons. The first kappa shape index (κ1) is 10.1. The van der Waals surface area contributed by atoms with Crippen LogP contribution in [-0.4, -0.2) is 23.5 Å². The van der Waals surface area contributed by atoms with E-state index in [2.05, 4.69) is 15.6 Å². The lowest BCUT2D eigenvalue weighted by Crippen LogP contribution is -2.54. The van der Waals surface area contributed by atoms with E-state index in [9.17, 15) is 4.79 Å². The lowest BCUT2D eigenvalue weighted by molar-refractivity contribution is -0.125. The molecule has 2 atom stereocenters. The quantitative estimate of drug-likeness (QED) is 0.744. The van der Waals surface area contributed by atoms with Gasteiger partial charge in [-0.1, -0.05) is 13.0 Å². The number of carbonyl (C=O) groups is 1. The third-order valence-corrected chi connectivity index (χ3v) is 2.65. The van der Waals surface area contributed by atoms with Crippen LogP contribution in [0.1, 0.15) is 25.1 Å². The molecule has 2 heterocycles. The van der Waals surface area contributed by atoms with E-state index in [-0.39, 0.29) is 18.0 Å². The third-order valence-electron chi connectivity index (χ3n) is 2.65. The highest BCUT2D eigenvalue weighted by Crippen LogP contribution is 2.13. The van der Waals surface area contributed by atoms with Crippen LogP contribution in [0.2, 0.25) is 0 Å². The number of pyridine rings is 1. The molecule has 4 nitrogen and oxygen atoms in total. The van der Waals surface area contributed by atoms with E-state index in [1.807, 2.05) is 25.1 Å². The molecule has 1 aromatic rings. The summed E-state index contributed by atoms with van der Waals surface area (Å²) in [6.45, 7) is 2.62. The molecule has 0 bridgehead atoms. The van der Waals surface area contributed by atoms with Crippen molar-refractivity contribution in [3.8, 4) is 0 Å². The van der Waals surface area contributed by atoms with Gasteiger partial charge in [0.15, 0.2) is 0 Å².